The first kappa shape index (κ1) is 23.5. The minimum Gasteiger partial charge on any atom is -0.494 e. The van der Waals surface area contributed by atoms with Crippen LogP contribution in [0, 0.1) is 5.92 Å². The fraction of sp³-hybridized carbons (Fsp3) is 0.280. The number of halogens is 1. The summed E-state index contributed by atoms with van der Waals surface area (Å²) in [5, 5.41) is 5.34. The maximum atomic E-state index is 13.5. The van der Waals surface area contributed by atoms with Crippen LogP contribution in [0.25, 0.3) is 16.8 Å². The maximum absolute atomic E-state index is 13.5. The van der Waals surface area contributed by atoms with Crippen molar-refractivity contribution in [1.29, 1.82) is 0 Å². The van der Waals surface area contributed by atoms with Gasteiger partial charge < -0.3 is 10.1 Å². The number of nitrogens with one attached hydrogen (secondary N) is 2. The lowest BCUT2D eigenvalue weighted by molar-refractivity contribution is -0.122. The zero-order valence-corrected chi connectivity index (χ0v) is 19.6. The van der Waals surface area contributed by atoms with Crippen molar-refractivity contribution in [1.82, 2.24) is 20.2 Å². The number of nitrogens with zero attached hydrogens (tertiary/aromatic N) is 2. The minimum absolute atomic E-state index is 0.120. The molecule has 0 aliphatic carbocycles. The average Bonchev–Trinajstić information content (AvgIpc) is 2.79. The lowest BCUT2D eigenvalue weighted by atomic mass is 9.95. The fourth-order valence-corrected chi connectivity index (χ4v) is 3.93. The van der Waals surface area contributed by atoms with Crippen LogP contribution in [0.1, 0.15) is 31.7 Å². The van der Waals surface area contributed by atoms with Crippen LogP contribution in [-0.4, -0.2) is 34.6 Å². The fourth-order valence-electron chi connectivity index (χ4n) is 3.70. The van der Waals surface area contributed by atoms with Gasteiger partial charge in [-0.3, -0.25) is 24.5 Å². The Labute approximate surface area is 201 Å². The van der Waals surface area contributed by atoms with Crippen LogP contribution in [0.4, 0.5) is 4.79 Å². The van der Waals surface area contributed by atoms with Gasteiger partial charge in [-0.25, -0.2) is 4.79 Å². The van der Waals surface area contributed by atoms with E-state index >= 15 is 0 Å². The molecule has 34 heavy (non-hydrogen) atoms. The standard InChI is InChI=1S/C25H25ClN4O4/c1-15(2)5-7-34-20-9-16(8-18(26)11-20)21-10-17(22-13-28-25(33)29-23(22)31)14-30(24(21)32)19-4-3-6-27-12-19/h3-4,6,8-12,14-15,22H,5,7,13H2,1-2H3,(H2,28,29,31,33). The number of ether oxygens (including phenoxy) is 1. The van der Waals surface area contributed by atoms with E-state index in [0.29, 0.717) is 45.7 Å². The highest BCUT2D eigenvalue weighted by Crippen LogP contribution is 2.30. The van der Waals surface area contributed by atoms with Crippen molar-refractivity contribution in [3.05, 3.63) is 75.9 Å². The summed E-state index contributed by atoms with van der Waals surface area (Å²) in [4.78, 5) is 41.8. The second-order valence-electron chi connectivity index (χ2n) is 8.53. The van der Waals surface area contributed by atoms with Gasteiger partial charge in [-0.05, 0) is 59.9 Å². The van der Waals surface area contributed by atoms with Gasteiger partial charge in [-0.2, -0.15) is 0 Å². The molecule has 1 atom stereocenters. The second-order valence-corrected chi connectivity index (χ2v) is 8.97. The molecular formula is C25H25ClN4O4. The van der Waals surface area contributed by atoms with Gasteiger partial charge in [-0.1, -0.05) is 25.4 Å². The molecule has 2 N–H and O–H groups in total. The Kier molecular flexibility index (Phi) is 6.98. The highest BCUT2D eigenvalue weighted by Gasteiger charge is 2.29. The lowest BCUT2D eigenvalue weighted by Crippen LogP contribution is -2.51. The number of rotatable bonds is 7. The van der Waals surface area contributed by atoms with E-state index in [0.717, 1.165) is 6.42 Å². The number of carbonyl (C=O) groups excluding carboxylic acids is 2. The van der Waals surface area contributed by atoms with Crippen molar-refractivity contribution in [2.45, 2.75) is 26.2 Å². The molecule has 1 fully saturated rings. The first-order valence-corrected chi connectivity index (χ1v) is 11.4. The van der Waals surface area contributed by atoms with E-state index < -0.39 is 17.9 Å². The summed E-state index contributed by atoms with van der Waals surface area (Å²) in [6.07, 6.45) is 5.67. The number of carbonyl (C=O) groups is 2. The summed E-state index contributed by atoms with van der Waals surface area (Å²) in [6, 6.07) is 9.76. The normalized spacial score (nSPS) is 15.7. The topological polar surface area (TPSA) is 102 Å². The molecule has 0 saturated carbocycles. The van der Waals surface area contributed by atoms with Gasteiger partial charge in [0.2, 0.25) is 5.91 Å². The predicted octanol–water partition coefficient (Wildman–Crippen LogP) is 3.90. The zero-order chi connectivity index (χ0) is 24.2. The molecular weight excluding hydrogens is 456 g/mol. The molecule has 1 saturated heterocycles. The smallest absolute Gasteiger partial charge is 0.321 e. The molecule has 9 heteroatoms. The Morgan fingerprint density at radius 3 is 2.74 bits per heavy atom. The van der Waals surface area contributed by atoms with Crippen molar-refractivity contribution in [3.63, 3.8) is 0 Å². The molecule has 3 aromatic rings. The monoisotopic (exact) mass is 480 g/mol. The first-order chi connectivity index (χ1) is 16.3. The highest BCUT2D eigenvalue weighted by molar-refractivity contribution is 6.31. The van der Waals surface area contributed by atoms with Crippen molar-refractivity contribution in [3.8, 4) is 22.6 Å². The molecule has 0 bridgehead atoms. The largest absolute Gasteiger partial charge is 0.494 e. The molecule has 0 spiro atoms. The van der Waals surface area contributed by atoms with Crippen molar-refractivity contribution < 1.29 is 14.3 Å². The maximum Gasteiger partial charge on any atom is 0.321 e. The Bertz CT molecular complexity index is 1270. The van der Waals surface area contributed by atoms with Gasteiger partial charge in [-0.15, -0.1) is 0 Å². The number of amides is 3. The number of hydrogen-bond acceptors (Lipinski definition) is 5. The number of pyridine rings is 2. The number of imide groups is 1. The van der Waals surface area contributed by atoms with E-state index in [-0.39, 0.29) is 12.1 Å². The van der Waals surface area contributed by atoms with Crippen molar-refractivity contribution >= 4 is 23.5 Å². The summed E-state index contributed by atoms with van der Waals surface area (Å²) in [7, 11) is 0. The third kappa shape index (κ3) is 5.28. The van der Waals surface area contributed by atoms with Gasteiger partial charge in [0.05, 0.1) is 24.4 Å². The van der Waals surface area contributed by atoms with E-state index in [1.165, 1.54) is 4.57 Å². The zero-order valence-electron chi connectivity index (χ0n) is 18.9. The van der Waals surface area contributed by atoms with E-state index in [9.17, 15) is 14.4 Å². The molecule has 1 aliphatic rings. The SMILES string of the molecule is CC(C)CCOc1cc(Cl)cc(-c2cc(C3CNC(=O)NC3=O)cn(-c3cccnc3)c2=O)c1. The summed E-state index contributed by atoms with van der Waals surface area (Å²) < 4.78 is 7.32. The minimum atomic E-state index is -0.666. The van der Waals surface area contributed by atoms with Crippen molar-refractivity contribution in [2.24, 2.45) is 5.92 Å². The number of aromatic nitrogens is 2. The Morgan fingerprint density at radius 2 is 2.03 bits per heavy atom. The van der Waals surface area contributed by atoms with Crippen LogP contribution in [-0.2, 0) is 4.79 Å². The molecule has 1 aliphatic heterocycles. The van der Waals surface area contributed by atoms with E-state index in [2.05, 4.69) is 29.5 Å². The molecule has 0 radical (unpaired) electrons. The Balaban J connectivity index is 1.82. The third-order valence-corrected chi connectivity index (χ3v) is 5.75. The van der Waals surface area contributed by atoms with E-state index in [1.807, 2.05) is 0 Å². The quantitative estimate of drug-likeness (QED) is 0.534. The molecule has 4 rings (SSSR count). The Morgan fingerprint density at radius 1 is 1.21 bits per heavy atom. The number of hydrogen-bond donors (Lipinski definition) is 2. The number of urea groups is 1. The van der Waals surface area contributed by atoms with Gasteiger partial charge >= 0.3 is 6.03 Å². The number of benzene rings is 1. The lowest BCUT2D eigenvalue weighted by Gasteiger charge is -2.23. The van der Waals surface area contributed by atoms with E-state index in [4.69, 9.17) is 16.3 Å². The highest BCUT2D eigenvalue weighted by atomic mass is 35.5. The van der Waals surface area contributed by atoms with Crippen LogP contribution >= 0.6 is 11.6 Å². The summed E-state index contributed by atoms with van der Waals surface area (Å²) in [5.74, 6) is -0.0523. The van der Waals surface area contributed by atoms with Gasteiger partial charge in [0, 0.05) is 29.5 Å². The van der Waals surface area contributed by atoms with Gasteiger partial charge in [0.25, 0.3) is 5.56 Å². The molecule has 1 unspecified atom stereocenters. The summed E-state index contributed by atoms with van der Waals surface area (Å²) in [5.41, 5.74) is 1.73. The van der Waals surface area contributed by atoms with Crippen LogP contribution in [0.5, 0.6) is 5.75 Å². The first-order valence-electron chi connectivity index (χ1n) is 11.0. The molecule has 176 valence electrons. The van der Waals surface area contributed by atoms with Crippen LogP contribution in [0.15, 0.2) is 59.8 Å². The molecule has 1 aromatic carbocycles. The molecule has 3 amide bonds. The van der Waals surface area contributed by atoms with Gasteiger partial charge in [0.15, 0.2) is 0 Å². The van der Waals surface area contributed by atoms with E-state index in [1.54, 1.807) is 55.0 Å². The summed E-state index contributed by atoms with van der Waals surface area (Å²) in [6.45, 7) is 4.87. The molecule has 3 heterocycles. The van der Waals surface area contributed by atoms with Crippen LogP contribution < -0.4 is 20.9 Å². The van der Waals surface area contributed by atoms with Crippen LogP contribution in [0.2, 0.25) is 5.02 Å². The summed E-state index contributed by atoms with van der Waals surface area (Å²) >= 11 is 6.37. The molecule has 8 nitrogen and oxygen atoms in total. The third-order valence-electron chi connectivity index (χ3n) is 5.53. The van der Waals surface area contributed by atoms with Crippen molar-refractivity contribution in [2.75, 3.05) is 13.2 Å². The average molecular weight is 481 g/mol. The second kappa shape index (κ2) is 10.1. The van der Waals surface area contributed by atoms with Crippen LogP contribution in [0.3, 0.4) is 0 Å². The predicted molar refractivity (Wildman–Crippen MR) is 130 cm³/mol. The van der Waals surface area contributed by atoms with Gasteiger partial charge in [0.1, 0.15) is 5.75 Å². The Hall–Kier alpha value is -3.65. The molecule has 2 aromatic heterocycles.